The molecule has 0 spiro atoms. The van der Waals surface area contributed by atoms with Crippen LogP contribution in [0.4, 0.5) is 17.5 Å². The van der Waals surface area contributed by atoms with E-state index in [4.69, 9.17) is 0 Å². The summed E-state index contributed by atoms with van der Waals surface area (Å²) < 4.78 is 27.0. The minimum Gasteiger partial charge on any atom is -0.354 e. The van der Waals surface area contributed by atoms with Gasteiger partial charge < -0.3 is 10.2 Å². The molecule has 0 unspecified atom stereocenters. The van der Waals surface area contributed by atoms with Gasteiger partial charge in [-0.3, -0.25) is 14.5 Å². The van der Waals surface area contributed by atoms with Gasteiger partial charge in [-0.05, 0) is 31.0 Å². The van der Waals surface area contributed by atoms with Crippen molar-refractivity contribution in [3.8, 4) is 0 Å². The van der Waals surface area contributed by atoms with Crippen LogP contribution in [0.1, 0.15) is 24.8 Å². The van der Waals surface area contributed by atoms with Crippen LogP contribution < -0.4 is 10.2 Å². The Morgan fingerprint density at radius 2 is 1.67 bits per heavy atom. The predicted molar refractivity (Wildman–Crippen MR) is 122 cm³/mol. The van der Waals surface area contributed by atoms with Crippen LogP contribution in [0.5, 0.6) is 0 Å². The lowest BCUT2D eigenvalue weighted by atomic mass is 10.1. The molecule has 0 bridgehead atoms. The molecule has 2 amide bonds. The summed E-state index contributed by atoms with van der Waals surface area (Å²) >= 11 is 0. The summed E-state index contributed by atoms with van der Waals surface area (Å²) in [6.45, 7) is 3.44. The first-order valence-electron chi connectivity index (χ1n) is 10.9. The molecule has 2 aliphatic heterocycles. The first-order valence-corrected chi connectivity index (χ1v) is 12.5. The minimum atomic E-state index is -3.58. The van der Waals surface area contributed by atoms with Gasteiger partial charge in [0.05, 0.1) is 5.75 Å². The minimum absolute atomic E-state index is 0.0891. The van der Waals surface area contributed by atoms with Crippen molar-refractivity contribution in [2.24, 2.45) is 0 Å². The highest BCUT2D eigenvalue weighted by molar-refractivity contribution is 7.89. The van der Waals surface area contributed by atoms with E-state index in [1.54, 1.807) is 6.20 Å². The number of nitrogens with zero attached hydrogens (tertiary/aromatic N) is 6. The Labute approximate surface area is 192 Å². The number of piperazine rings is 1. The molecule has 33 heavy (non-hydrogen) atoms. The van der Waals surface area contributed by atoms with E-state index in [0.717, 1.165) is 10.5 Å². The number of carbonyl (C=O) groups is 2. The van der Waals surface area contributed by atoms with Gasteiger partial charge in [0, 0.05) is 57.8 Å². The first kappa shape index (κ1) is 23.1. The second-order valence-electron chi connectivity index (χ2n) is 8.10. The first-order chi connectivity index (χ1) is 15.8. The number of rotatable bonds is 7. The van der Waals surface area contributed by atoms with Gasteiger partial charge in [0.25, 0.3) is 0 Å². The van der Waals surface area contributed by atoms with Crippen LogP contribution in [0.15, 0.2) is 30.7 Å². The van der Waals surface area contributed by atoms with Gasteiger partial charge in [0.2, 0.25) is 21.8 Å². The van der Waals surface area contributed by atoms with E-state index in [-0.39, 0.29) is 24.1 Å². The standard InChI is InChI=1S/C21H27N7O4S/c1-16-5-6-22-17(13-16)25-18-14-19(24-15-23-18)26-7-9-27(10-8-26)33(31,32)12-11-28-20(29)3-2-4-21(28)30/h5-6,13-15H,2-4,7-12H2,1H3,(H,22,23,24,25). The summed E-state index contributed by atoms with van der Waals surface area (Å²) in [4.78, 5) is 39.8. The van der Waals surface area contributed by atoms with Gasteiger partial charge in [0.1, 0.15) is 23.8 Å². The maximum absolute atomic E-state index is 12.8. The van der Waals surface area contributed by atoms with Crippen molar-refractivity contribution in [2.45, 2.75) is 26.2 Å². The third-order valence-electron chi connectivity index (χ3n) is 5.74. The Morgan fingerprint density at radius 1 is 0.970 bits per heavy atom. The van der Waals surface area contributed by atoms with E-state index in [0.29, 0.717) is 62.9 Å². The van der Waals surface area contributed by atoms with E-state index < -0.39 is 10.0 Å². The van der Waals surface area contributed by atoms with E-state index in [2.05, 4.69) is 20.3 Å². The van der Waals surface area contributed by atoms with E-state index in [1.807, 2.05) is 30.0 Å². The second-order valence-corrected chi connectivity index (χ2v) is 10.2. The molecule has 4 heterocycles. The van der Waals surface area contributed by atoms with Gasteiger partial charge in [-0.25, -0.2) is 23.4 Å². The average molecular weight is 474 g/mol. The normalized spacial score (nSPS) is 18.0. The van der Waals surface area contributed by atoms with Gasteiger partial charge in [-0.15, -0.1) is 0 Å². The lowest BCUT2D eigenvalue weighted by Crippen LogP contribution is -2.51. The molecular formula is C21H27N7O4S. The Hall–Kier alpha value is -3.12. The molecule has 0 atom stereocenters. The van der Waals surface area contributed by atoms with Gasteiger partial charge in [-0.1, -0.05) is 0 Å². The van der Waals surface area contributed by atoms with Gasteiger partial charge in [-0.2, -0.15) is 4.31 Å². The SMILES string of the molecule is Cc1ccnc(Nc2cc(N3CCN(S(=O)(=O)CCN4C(=O)CCCC4=O)CC3)ncn2)c1. The molecule has 4 rings (SSSR count). The summed E-state index contributed by atoms with van der Waals surface area (Å²) in [5.74, 6) is 1.14. The number of imide groups is 1. The topological polar surface area (TPSA) is 129 Å². The van der Waals surface area contributed by atoms with Crippen molar-refractivity contribution in [1.29, 1.82) is 0 Å². The molecule has 2 aromatic heterocycles. The average Bonchev–Trinajstić information content (AvgIpc) is 2.79. The zero-order valence-electron chi connectivity index (χ0n) is 18.5. The molecule has 1 N–H and O–H groups in total. The van der Waals surface area contributed by atoms with Crippen LogP contribution in [-0.4, -0.2) is 82.9 Å². The van der Waals surface area contributed by atoms with Gasteiger partial charge in [0.15, 0.2) is 0 Å². The molecule has 11 nitrogen and oxygen atoms in total. The van der Waals surface area contributed by atoms with E-state index in [9.17, 15) is 18.0 Å². The highest BCUT2D eigenvalue weighted by atomic mass is 32.2. The largest absolute Gasteiger partial charge is 0.354 e. The maximum atomic E-state index is 12.8. The summed E-state index contributed by atoms with van der Waals surface area (Å²) in [5, 5.41) is 3.16. The van der Waals surface area contributed by atoms with Crippen LogP contribution in [0.3, 0.4) is 0 Å². The Morgan fingerprint density at radius 3 is 2.36 bits per heavy atom. The fourth-order valence-corrected chi connectivity index (χ4v) is 5.30. The number of sulfonamides is 1. The molecule has 176 valence electrons. The van der Waals surface area contributed by atoms with Crippen LogP contribution >= 0.6 is 0 Å². The monoisotopic (exact) mass is 473 g/mol. The van der Waals surface area contributed by atoms with Crippen molar-refractivity contribution in [3.05, 3.63) is 36.3 Å². The molecule has 2 aromatic rings. The van der Waals surface area contributed by atoms with Crippen LogP contribution in [0, 0.1) is 6.92 Å². The molecular weight excluding hydrogens is 446 g/mol. The van der Waals surface area contributed by atoms with Crippen molar-refractivity contribution in [3.63, 3.8) is 0 Å². The fourth-order valence-electron chi connectivity index (χ4n) is 3.90. The zero-order valence-corrected chi connectivity index (χ0v) is 19.3. The fraction of sp³-hybridized carbons (Fsp3) is 0.476. The predicted octanol–water partition coefficient (Wildman–Crippen LogP) is 0.915. The summed E-state index contributed by atoms with van der Waals surface area (Å²) in [6.07, 6.45) is 4.30. The Kier molecular flexibility index (Phi) is 6.84. The quantitative estimate of drug-likeness (QED) is 0.584. The number of carbonyl (C=O) groups excluding carboxylic acids is 2. The number of anilines is 3. The number of likely N-dealkylation sites (tertiary alicyclic amines) is 1. The molecule has 0 aromatic carbocycles. The number of nitrogens with one attached hydrogen (secondary N) is 1. The van der Waals surface area contributed by atoms with Crippen molar-refractivity contribution in [2.75, 3.05) is 48.7 Å². The number of hydrogen-bond acceptors (Lipinski definition) is 9. The van der Waals surface area contributed by atoms with E-state index in [1.165, 1.54) is 10.6 Å². The summed E-state index contributed by atoms with van der Waals surface area (Å²) in [6, 6.07) is 5.63. The molecule has 2 saturated heterocycles. The molecule has 2 aliphatic rings. The summed E-state index contributed by atoms with van der Waals surface area (Å²) in [5.41, 5.74) is 1.08. The second kappa shape index (κ2) is 9.79. The summed E-state index contributed by atoms with van der Waals surface area (Å²) in [7, 11) is -3.58. The molecule has 0 radical (unpaired) electrons. The van der Waals surface area contributed by atoms with Crippen molar-refractivity contribution in [1.82, 2.24) is 24.2 Å². The van der Waals surface area contributed by atoms with Crippen LogP contribution in [0.2, 0.25) is 0 Å². The number of pyridine rings is 1. The number of hydrogen-bond donors (Lipinski definition) is 1. The molecule has 2 fully saturated rings. The maximum Gasteiger partial charge on any atom is 0.229 e. The smallest absolute Gasteiger partial charge is 0.229 e. The Bertz CT molecular complexity index is 1120. The lowest BCUT2D eigenvalue weighted by molar-refractivity contribution is -0.147. The van der Waals surface area contributed by atoms with Crippen LogP contribution in [-0.2, 0) is 19.6 Å². The highest BCUT2D eigenvalue weighted by Crippen LogP contribution is 2.20. The number of piperidine rings is 1. The lowest BCUT2D eigenvalue weighted by Gasteiger charge is -2.35. The van der Waals surface area contributed by atoms with Crippen LogP contribution in [0.25, 0.3) is 0 Å². The molecule has 12 heteroatoms. The number of amides is 2. The third kappa shape index (κ3) is 5.63. The molecule has 0 aliphatic carbocycles. The van der Waals surface area contributed by atoms with Crippen molar-refractivity contribution >= 4 is 39.3 Å². The van der Waals surface area contributed by atoms with E-state index >= 15 is 0 Å². The molecule has 0 saturated carbocycles. The number of aromatic nitrogens is 3. The Balaban J connectivity index is 1.33. The number of aryl methyl sites for hydroxylation is 1. The third-order valence-corrected chi connectivity index (χ3v) is 7.59. The van der Waals surface area contributed by atoms with Gasteiger partial charge >= 0.3 is 0 Å². The zero-order chi connectivity index (χ0) is 23.4. The van der Waals surface area contributed by atoms with Crippen molar-refractivity contribution < 1.29 is 18.0 Å². The highest BCUT2D eigenvalue weighted by Gasteiger charge is 2.31.